The highest BCUT2D eigenvalue weighted by atomic mass is 16.6. The van der Waals surface area contributed by atoms with Gasteiger partial charge < -0.3 is 14.5 Å². The molecule has 1 unspecified atom stereocenters. The van der Waals surface area contributed by atoms with Crippen molar-refractivity contribution in [3.05, 3.63) is 39.9 Å². The molecule has 2 fully saturated rings. The molecule has 2 heterocycles. The molecule has 1 aromatic rings. The van der Waals surface area contributed by atoms with Crippen molar-refractivity contribution in [2.45, 2.75) is 25.3 Å². The maximum absolute atomic E-state index is 12.6. The minimum Gasteiger partial charge on any atom is -0.381 e. The van der Waals surface area contributed by atoms with E-state index in [0.29, 0.717) is 11.5 Å². The molecule has 7 nitrogen and oxygen atoms in total. The Balaban J connectivity index is 1.51. The lowest BCUT2D eigenvalue weighted by molar-refractivity contribution is -0.384. The normalized spacial score (nSPS) is 22.0. The van der Waals surface area contributed by atoms with Gasteiger partial charge in [0.2, 0.25) is 0 Å². The molecule has 2 saturated heterocycles. The number of likely N-dealkylation sites (tertiary alicyclic amines) is 1. The average Bonchev–Trinajstić information content (AvgIpc) is 3.14. The maximum atomic E-state index is 12.6. The highest BCUT2D eigenvalue weighted by Gasteiger charge is 2.28. The van der Waals surface area contributed by atoms with Crippen molar-refractivity contribution in [3.63, 3.8) is 0 Å². The van der Waals surface area contributed by atoms with Gasteiger partial charge in [-0.3, -0.25) is 14.9 Å². The smallest absolute Gasteiger partial charge is 0.269 e. The second-order valence-electron chi connectivity index (χ2n) is 6.98. The van der Waals surface area contributed by atoms with Crippen molar-refractivity contribution >= 4 is 11.6 Å². The summed E-state index contributed by atoms with van der Waals surface area (Å²) in [6, 6.07) is 6.05. The van der Waals surface area contributed by atoms with Gasteiger partial charge in [0.25, 0.3) is 11.6 Å². The molecule has 0 radical (unpaired) electrons. The van der Waals surface area contributed by atoms with E-state index >= 15 is 0 Å². The van der Waals surface area contributed by atoms with Gasteiger partial charge in [-0.2, -0.15) is 0 Å². The van der Waals surface area contributed by atoms with Crippen LogP contribution in [0.15, 0.2) is 24.3 Å². The largest absolute Gasteiger partial charge is 0.381 e. The van der Waals surface area contributed by atoms with Gasteiger partial charge in [0, 0.05) is 57.0 Å². The molecule has 3 rings (SSSR count). The third-order valence-electron chi connectivity index (χ3n) is 5.29. The number of nitro groups is 1. The summed E-state index contributed by atoms with van der Waals surface area (Å²) in [6.45, 7) is 4.84. The molecule has 2 aliphatic rings. The summed E-state index contributed by atoms with van der Waals surface area (Å²) in [5, 5.41) is 10.7. The minimum atomic E-state index is -0.455. The third kappa shape index (κ3) is 4.35. The Kier molecular flexibility index (Phi) is 5.65. The molecule has 25 heavy (non-hydrogen) atoms. The van der Waals surface area contributed by atoms with Crippen LogP contribution >= 0.6 is 0 Å². The number of nitrogens with zero attached hydrogens (tertiary/aromatic N) is 3. The first-order chi connectivity index (χ1) is 12.0. The summed E-state index contributed by atoms with van der Waals surface area (Å²) < 4.78 is 5.44. The fraction of sp³-hybridized carbons (Fsp3) is 0.611. The van der Waals surface area contributed by atoms with Gasteiger partial charge in [0.05, 0.1) is 11.5 Å². The molecule has 0 aliphatic carbocycles. The number of piperidine rings is 1. The summed E-state index contributed by atoms with van der Waals surface area (Å²) in [6.07, 6.45) is 3.07. The van der Waals surface area contributed by atoms with Crippen LogP contribution < -0.4 is 0 Å². The van der Waals surface area contributed by atoms with Crippen LogP contribution in [0.3, 0.4) is 0 Å². The van der Waals surface area contributed by atoms with Crippen molar-refractivity contribution in [1.82, 2.24) is 9.80 Å². The van der Waals surface area contributed by atoms with Gasteiger partial charge in [-0.1, -0.05) is 0 Å². The van der Waals surface area contributed by atoms with Crippen LogP contribution in [0.2, 0.25) is 0 Å². The van der Waals surface area contributed by atoms with Crippen molar-refractivity contribution < 1.29 is 14.5 Å². The molecule has 0 N–H and O–H groups in total. The van der Waals surface area contributed by atoms with Gasteiger partial charge in [-0.05, 0) is 37.3 Å². The molecule has 0 saturated carbocycles. The van der Waals surface area contributed by atoms with Crippen molar-refractivity contribution in [2.75, 3.05) is 39.9 Å². The summed E-state index contributed by atoms with van der Waals surface area (Å²) >= 11 is 0. The van der Waals surface area contributed by atoms with E-state index in [0.717, 1.165) is 52.1 Å². The van der Waals surface area contributed by atoms with E-state index in [1.54, 1.807) is 4.90 Å². The summed E-state index contributed by atoms with van der Waals surface area (Å²) in [4.78, 5) is 27.1. The number of ether oxygens (including phenoxy) is 1. The zero-order valence-corrected chi connectivity index (χ0v) is 14.6. The predicted molar refractivity (Wildman–Crippen MR) is 93.6 cm³/mol. The van der Waals surface area contributed by atoms with E-state index in [9.17, 15) is 14.9 Å². The van der Waals surface area contributed by atoms with E-state index in [1.165, 1.54) is 24.3 Å². The number of benzene rings is 1. The molecule has 0 spiro atoms. The van der Waals surface area contributed by atoms with Crippen molar-refractivity contribution in [3.8, 4) is 0 Å². The van der Waals surface area contributed by atoms with E-state index in [1.807, 2.05) is 7.05 Å². The van der Waals surface area contributed by atoms with Crippen LogP contribution in [0.4, 0.5) is 5.69 Å². The molecule has 1 atom stereocenters. The van der Waals surface area contributed by atoms with E-state index in [-0.39, 0.29) is 17.6 Å². The second kappa shape index (κ2) is 7.93. The lowest BCUT2D eigenvalue weighted by atomic mass is 10.0. The first-order valence-corrected chi connectivity index (χ1v) is 8.86. The number of carbonyl (C=O) groups excluding carboxylic acids is 1. The summed E-state index contributed by atoms with van der Waals surface area (Å²) in [5.41, 5.74) is 0.502. The predicted octanol–water partition coefficient (Wildman–Crippen LogP) is 2.17. The average molecular weight is 347 g/mol. The Morgan fingerprint density at radius 2 is 1.96 bits per heavy atom. The van der Waals surface area contributed by atoms with Gasteiger partial charge in [-0.15, -0.1) is 0 Å². The molecule has 136 valence electrons. The zero-order chi connectivity index (χ0) is 17.8. The molecule has 0 aromatic heterocycles. The van der Waals surface area contributed by atoms with Crippen LogP contribution in [-0.4, -0.2) is 66.6 Å². The number of hydrogen-bond donors (Lipinski definition) is 0. The van der Waals surface area contributed by atoms with Crippen LogP contribution in [0, 0.1) is 16.0 Å². The standard InChI is InChI=1S/C18H25N3O4/c1-19(18(22)15-2-4-17(5-3-15)21(23)24)16-6-9-20(10-7-16)12-14-8-11-25-13-14/h2-5,14,16H,6-13H2,1H3. The number of nitro benzene ring substituents is 1. The van der Waals surface area contributed by atoms with Crippen molar-refractivity contribution in [2.24, 2.45) is 5.92 Å². The number of hydrogen-bond acceptors (Lipinski definition) is 5. The van der Waals surface area contributed by atoms with Crippen LogP contribution in [0.5, 0.6) is 0 Å². The van der Waals surface area contributed by atoms with Crippen LogP contribution in [0.25, 0.3) is 0 Å². The molecule has 0 bridgehead atoms. The van der Waals surface area contributed by atoms with E-state index in [2.05, 4.69) is 4.90 Å². The lowest BCUT2D eigenvalue weighted by Crippen LogP contribution is -2.46. The second-order valence-corrected chi connectivity index (χ2v) is 6.98. The van der Waals surface area contributed by atoms with Gasteiger partial charge >= 0.3 is 0 Å². The van der Waals surface area contributed by atoms with Crippen molar-refractivity contribution in [1.29, 1.82) is 0 Å². The third-order valence-corrected chi connectivity index (χ3v) is 5.29. The number of carbonyl (C=O) groups is 1. The zero-order valence-electron chi connectivity index (χ0n) is 14.6. The molecular weight excluding hydrogens is 322 g/mol. The summed E-state index contributed by atoms with van der Waals surface area (Å²) in [5.74, 6) is 0.577. The Labute approximate surface area is 147 Å². The number of rotatable bonds is 5. The first-order valence-electron chi connectivity index (χ1n) is 8.86. The van der Waals surface area contributed by atoms with Crippen LogP contribution in [-0.2, 0) is 4.74 Å². The lowest BCUT2D eigenvalue weighted by Gasteiger charge is -2.37. The molecule has 2 aliphatic heterocycles. The molecule has 1 aromatic carbocycles. The Morgan fingerprint density at radius 3 is 2.52 bits per heavy atom. The molecule has 7 heteroatoms. The van der Waals surface area contributed by atoms with Gasteiger partial charge in [-0.25, -0.2) is 0 Å². The number of amides is 1. The maximum Gasteiger partial charge on any atom is 0.269 e. The Morgan fingerprint density at radius 1 is 1.28 bits per heavy atom. The van der Waals surface area contributed by atoms with Crippen LogP contribution in [0.1, 0.15) is 29.6 Å². The minimum absolute atomic E-state index is 0.00315. The SMILES string of the molecule is CN(C(=O)c1ccc([N+](=O)[O-])cc1)C1CCN(CC2CCOC2)CC1. The Bertz CT molecular complexity index is 605. The first kappa shape index (κ1) is 17.8. The highest BCUT2D eigenvalue weighted by Crippen LogP contribution is 2.21. The van der Waals surface area contributed by atoms with Gasteiger partial charge in [0.1, 0.15) is 0 Å². The summed E-state index contributed by atoms with van der Waals surface area (Å²) in [7, 11) is 1.83. The van der Waals surface area contributed by atoms with E-state index < -0.39 is 4.92 Å². The van der Waals surface area contributed by atoms with E-state index in [4.69, 9.17) is 4.74 Å². The fourth-order valence-electron chi connectivity index (χ4n) is 3.68. The number of non-ortho nitro benzene ring substituents is 1. The fourth-order valence-corrected chi connectivity index (χ4v) is 3.68. The molecular formula is C18H25N3O4. The van der Waals surface area contributed by atoms with Gasteiger partial charge in [0.15, 0.2) is 0 Å². The molecule has 1 amide bonds. The topological polar surface area (TPSA) is 75.9 Å². The quantitative estimate of drug-likeness (QED) is 0.603. The highest BCUT2D eigenvalue weighted by molar-refractivity contribution is 5.94. The monoisotopic (exact) mass is 347 g/mol. The Hall–Kier alpha value is -1.99.